The molecule has 0 fully saturated rings. The molecule has 0 spiro atoms. The largest absolute Gasteiger partial charge is 0.497 e. The van der Waals surface area contributed by atoms with E-state index in [2.05, 4.69) is 10.6 Å². The minimum Gasteiger partial charge on any atom is -0.497 e. The second-order valence-electron chi connectivity index (χ2n) is 6.13. The molecule has 142 valence electrons. The summed E-state index contributed by atoms with van der Waals surface area (Å²) in [5.41, 5.74) is 1.95. The van der Waals surface area contributed by atoms with Crippen LogP contribution in [0.2, 0.25) is 0 Å². The molecule has 2 aromatic carbocycles. The highest BCUT2D eigenvalue weighted by atomic mass is 16.5. The molecule has 0 saturated carbocycles. The van der Waals surface area contributed by atoms with E-state index in [1.807, 2.05) is 31.2 Å². The molecule has 0 aromatic heterocycles. The molecule has 1 unspecified atom stereocenters. The number of nitrogens with one attached hydrogen (secondary N) is 2. The van der Waals surface area contributed by atoms with Crippen LogP contribution >= 0.6 is 0 Å². The highest BCUT2D eigenvalue weighted by Crippen LogP contribution is 2.24. The highest BCUT2D eigenvalue weighted by molar-refractivity contribution is 6.01. The second kappa shape index (κ2) is 8.84. The molecule has 1 atom stereocenters. The minimum absolute atomic E-state index is 0.0340. The Morgan fingerprint density at radius 2 is 1.78 bits per heavy atom. The Hall–Kier alpha value is -3.35. The molecule has 3 N–H and O–H groups in total. The third-order valence-corrected chi connectivity index (χ3v) is 3.98. The number of amides is 2. The summed E-state index contributed by atoms with van der Waals surface area (Å²) in [6.45, 7) is 3.33. The van der Waals surface area contributed by atoms with E-state index in [-0.39, 0.29) is 23.6 Å². The number of ether oxygens (including phenoxy) is 1. The maximum atomic E-state index is 12.5. The van der Waals surface area contributed by atoms with Crippen molar-refractivity contribution >= 4 is 23.5 Å². The van der Waals surface area contributed by atoms with Gasteiger partial charge in [-0.15, -0.1) is 0 Å². The SMILES string of the molecule is COc1ccc(NC(=O)CC(NC(C)=O)c2ccc(C)cc2)c(C(=O)O)c1. The molecule has 0 aliphatic carbocycles. The van der Waals surface area contributed by atoms with Crippen LogP contribution < -0.4 is 15.4 Å². The zero-order chi connectivity index (χ0) is 20.0. The van der Waals surface area contributed by atoms with E-state index in [1.54, 1.807) is 6.07 Å². The zero-order valence-corrected chi connectivity index (χ0v) is 15.4. The van der Waals surface area contributed by atoms with E-state index in [0.717, 1.165) is 11.1 Å². The number of aromatic carboxylic acids is 1. The fourth-order valence-corrected chi connectivity index (χ4v) is 2.62. The lowest BCUT2D eigenvalue weighted by Gasteiger charge is -2.19. The molecular formula is C20H22N2O5. The molecule has 0 aliphatic rings. The van der Waals surface area contributed by atoms with Crippen LogP contribution in [-0.4, -0.2) is 30.0 Å². The van der Waals surface area contributed by atoms with Crippen LogP contribution in [0.4, 0.5) is 5.69 Å². The first-order valence-corrected chi connectivity index (χ1v) is 8.35. The van der Waals surface area contributed by atoms with Crippen molar-refractivity contribution in [2.24, 2.45) is 0 Å². The number of hydrogen-bond acceptors (Lipinski definition) is 4. The average molecular weight is 370 g/mol. The van der Waals surface area contributed by atoms with Crippen LogP contribution in [-0.2, 0) is 9.59 Å². The van der Waals surface area contributed by atoms with Crippen molar-refractivity contribution in [1.82, 2.24) is 5.32 Å². The smallest absolute Gasteiger partial charge is 0.337 e. The first-order chi connectivity index (χ1) is 12.8. The minimum atomic E-state index is -1.18. The Balaban J connectivity index is 2.19. The monoisotopic (exact) mass is 370 g/mol. The quantitative estimate of drug-likeness (QED) is 0.695. The van der Waals surface area contributed by atoms with Gasteiger partial charge in [-0.1, -0.05) is 29.8 Å². The van der Waals surface area contributed by atoms with E-state index in [9.17, 15) is 19.5 Å². The number of carbonyl (C=O) groups is 3. The van der Waals surface area contributed by atoms with Gasteiger partial charge in [-0.05, 0) is 30.7 Å². The lowest BCUT2D eigenvalue weighted by molar-refractivity contribution is -0.120. The van der Waals surface area contributed by atoms with Gasteiger partial charge in [0.1, 0.15) is 5.75 Å². The van der Waals surface area contributed by atoms with Gasteiger partial charge >= 0.3 is 5.97 Å². The number of carboxylic acids is 1. The summed E-state index contributed by atoms with van der Waals surface area (Å²) in [6.07, 6.45) is -0.0340. The number of aryl methyl sites for hydroxylation is 1. The Morgan fingerprint density at radius 1 is 1.11 bits per heavy atom. The predicted octanol–water partition coefficient (Wildman–Crippen LogP) is 2.91. The summed E-state index contributed by atoms with van der Waals surface area (Å²) in [4.78, 5) is 35.4. The number of methoxy groups -OCH3 is 1. The number of rotatable bonds is 7. The van der Waals surface area contributed by atoms with Gasteiger partial charge in [-0.3, -0.25) is 9.59 Å². The lowest BCUT2D eigenvalue weighted by Crippen LogP contribution is -2.30. The van der Waals surface area contributed by atoms with Crippen molar-refractivity contribution in [3.05, 3.63) is 59.2 Å². The maximum Gasteiger partial charge on any atom is 0.337 e. The third kappa shape index (κ3) is 5.57. The zero-order valence-electron chi connectivity index (χ0n) is 15.4. The standard InChI is InChI=1S/C20H22N2O5/c1-12-4-6-14(7-5-12)18(21-13(2)23)11-19(24)22-17-9-8-15(27-3)10-16(17)20(25)26/h4-10,18H,11H2,1-3H3,(H,21,23)(H,22,24)(H,25,26). The molecule has 2 amide bonds. The Kier molecular flexibility index (Phi) is 6.54. The summed E-state index contributed by atoms with van der Waals surface area (Å²) in [5.74, 6) is -1.48. The summed E-state index contributed by atoms with van der Waals surface area (Å²) in [6, 6.07) is 11.3. The van der Waals surface area contributed by atoms with E-state index in [4.69, 9.17) is 4.74 Å². The predicted molar refractivity (Wildman–Crippen MR) is 101 cm³/mol. The van der Waals surface area contributed by atoms with Gasteiger partial charge in [0.15, 0.2) is 0 Å². The van der Waals surface area contributed by atoms with Gasteiger partial charge in [0.05, 0.1) is 30.8 Å². The van der Waals surface area contributed by atoms with Crippen molar-refractivity contribution in [3.63, 3.8) is 0 Å². The Morgan fingerprint density at radius 3 is 2.33 bits per heavy atom. The van der Waals surface area contributed by atoms with Gasteiger partial charge in [-0.25, -0.2) is 4.79 Å². The molecule has 0 saturated heterocycles. The molecule has 0 radical (unpaired) electrons. The van der Waals surface area contributed by atoms with Crippen LogP contribution in [0.1, 0.15) is 40.9 Å². The number of hydrogen-bond donors (Lipinski definition) is 3. The number of carbonyl (C=O) groups excluding carboxylic acids is 2. The molecule has 27 heavy (non-hydrogen) atoms. The summed E-state index contributed by atoms with van der Waals surface area (Å²) in [7, 11) is 1.43. The molecule has 7 nitrogen and oxygen atoms in total. The third-order valence-electron chi connectivity index (χ3n) is 3.98. The molecule has 0 heterocycles. The Labute approximate surface area is 157 Å². The van der Waals surface area contributed by atoms with Crippen molar-refractivity contribution in [2.45, 2.75) is 26.3 Å². The van der Waals surface area contributed by atoms with Gasteiger partial charge in [0, 0.05) is 6.92 Å². The van der Waals surface area contributed by atoms with Gasteiger partial charge in [-0.2, -0.15) is 0 Å². The van der Waals surface area contributed by atoms with Crippen LogP contribution in [0, 0.1) is 6.92 Å². The molecule has 0 bridgehead atoms. The normalized spacial score (nSPS) is 11.4. The fraction of sp³-hybridized carbons (Fsp3) is 0.250. The number of benzene rings is 2. The number of anilines is 1. The van der Waals surface area contributed by atoms with Crippen LogP contribution in [0.25, 0.3) is 0 Å². The summed E-state index contributed by atoms with van der Waals surface area (Å²) >= 11 is 0. The van der Waals surface area contributed by atoms with Crippen LogP contribution in [0.3, 0.4) is 0 Å². The van der Waals surface area contributed by atoms with Crippen LogP contribution in [0.5, 0.6) is 5.75 Å². The van der Waals surface area contributed by atoms with Crippen molar-refractivity contribution in [3.8, 4) is 5.75 Å². The maximum absolute atomic E-state index is 12.5. The number of carboxylic acid groups (broad SMARTS) is 1. The summed E-state index contributed by atoms with van der Waals surface area (Å²) in [5, 5.41) is 14.7. The first-order valence-electron chi connectivity index (χ1n) is 8.35. The van der Waals surface area contributed by atoms with Gasteiger partial charge in [0.2, 0.25) is 11.8 Å². The molecule has 7 heteroatoms. The van der Waals surface area contributed by atoms with E-state index < -0.39 is 17.9 Å². The van der Waals surface area contributed by atoms with Gasteiger partial charge < -0.3 is 20.5 Å². The molecule has 2 aromatic rings. The fourth-order valence-electron chi connectivity index (χ4n) is 2.62. The Bertz CT molecular complexity index is 846. The highest BCUT2D eigenvalue weighted by Gasteiger charge is 2.19. The molecule has 2 rings (SSSR count). The van der Waals surface area contributed by atoms with Crippen molar-refractivity contribution < 1.29 is 24.2 Å². The van der Waals surface area contributed by atoms with Crippen LogP contribution in [0.15, 0.2) is 42.5 Å². The lowest BCUT2D eigenvalue weighted by atomic mass is 10.0. The average Bonchev–Trinajstić information content (AvgIpc) is 2.61. The topological polar surface area (TPSA) is 105 Å². The first kappa shape index (κ1) is 20.0. The van der Waals surface area contributed by atoms with E-state index in [0.29, 0.717) is 5.75 Å². The van der Waals surface area contributed by atoms with E-state index >= 15 is 0 Å². The van der Waals surface area contributed by atoms with Gasteiger partial charge in [0.25, 0.3) is 0 Å². The molecular weight excluding hydrogens is 348 g/mol. The summed E-state index contributed by atoms with van der Waals surface area (Å²) < 4.78 is 5.02. The second-order valence-corrected chi connectivity index (χ2v) is 6.13. The molecule has 0 aliphatic heterocycles. The van der Waals surface area contributed by atoms with E-state index in [1.165, 1.54) is 26.2 Å². The van der Waals surface area contributed by atoms with Crippen molar-refractivity contribution in [1.29, 1.82) is 0 Å². The van der Waals surface area contributed by atoms with Crippen molar-refractivity contribution in [2.75, 3.05) is 12.4 Å².